The number of nitrogens with zero attached hydrogens (tertiary/aromatic N) is 5. The first-order chi connectivity index (χ1) is 14.0. The minimum atomic E-state index is -0.0748. The maximum Gasteiger partial charge on any atom is 0.225 e. The van der Waals surface area contributed by atoms with Crippen LogP contribution in [0.4, 0.5) is 5.82 Å². The molecule has 8 heteroatoms. The maximum atomic E-state index is 12.7. The first kappa shape index (κ1) is 19.6. The predicted molar refractivity (Wildman–Crippen MR) is 113 cm³/mol. The SMILES string of the molecule is CC(C)c1nnc2ccc(N3CCCC(C(=O)NCc4ccccc4Cl)C3)nn12. The third kappa shape index (κ3) is 4.19. The van der Waals surface area contributed by atoms with Crippen molar-refractivity contribution in [2.24, 2.45) is 5.92 Å². The van der Waals surface area contributed by atoms with Crippen molar-refractivity contribution < 1.29 is 4.79 Å². The summed E-state index contributed by atoms with van der Waals surface area (Å²) < 4.78 is 1.81. The molecule has 7 nitrogen and oxygen atoms in total. The monoisotopic (exact) mass is 412 g/mol. The molecule has 0 saturated carbocycles. The normalized spacial score (nSPS) is 17.1. The zero-order valence-corrected chi connectivity index (χ0v) is 17.4. The number of fused-ring (bicyclic) bond motifs is 1. The molecule has 1 fully saturated rings. The van der Waals surface area contributed by atoms with Crippen LogP contribution in [0.1, 0.15) is 44.0 Å². The van der Waals surface area contributed by atoms with Crippen LogP contribution in [0, 0.1) is 5.92 Å². The summed E-state index contributed by atoms with van der Waals surface area (Å²) in [6.07, 6.45) is 1.82. The van der Waals surface area contributed by atoms with Gasteiger partial charge in [0.25, 0.3) is 0 Å². The van der Waals surface area contributed by atoms with E-state index < -0.39 is 0 Å². The highest BCUT2D eigenvalue weighted by Gasteiger charge is 2.27. The van der Waals surface area contributed by atoms with E-state index in [1.165, 1.54) is 0 Å². The minimum Gasteiger partial charge on any atom is -0.354 e. The van der Waals surface area contributed by atoms with Crippen molar-refractivity contribution in [2.75, 3.05) is 18.0 Å². The highest BCUT2D eigenvalue weighted by molar-refractivity contribution is 6.31. The molecule has 0 radical (unpaired) electrons. The Hall–Kier alpha value is -2.67. The van der Waals surface area contributed by atoms with Crippen molar-refractivity contribution in [3.05, 3.63) is 52.8 Å². The summed E-state index contributed by atoms with van der Waals surface area (Å²) in [6.45, 7) is 6.12. The number of benzene rings is 1. The number of halogens is 1. The number of carbonyl (C=O) groups is 1. The van der Waals surface area contributed by atoms with Gasteiger partial charge in [-0.15, -0.1) is 15.3 Å². The molecule has 1 atom stereocenters. The second kappa shape index (κ2) is 8.37. The van der Waals surface area contributed by atoms with Crippen LogP contribution < -0.4 is 10.2 Å². The van der Waals surface area contributed by atoms with Crippen LogP contribution >= 0.6 is 11.6 Å². The largest absolute Gasteiger partial charge is 0.354 e. The van der Waals surface area contributed by atoms with Crippen molar-refractivity contribution in [3.8, 4) is 0 Å². The molecule has 3 heterocycles. The average Bonchev–Trinajstić information content (AvgIpc) is 3.16. The number of hydrogen-bond donors (Lipinski definition) is 1. The molecule has 1 aromatic carbocycles. The van der Waals surface area contributed by atoms with Gasteiger partial charge in [-0.2, -0.15) is 4.52 Å². The van der Waals surface area contributed by atoms with Gasteiger partial charge in [-0.3, -0.25) is 4.79 Å². The number of piperidine rings is 1. The first-order valence-electron chi connectivity index (χ1n) is 10.0. The van der Waals surface area contributed by atoms with Gasteiger partial charge in [0, 0.05) is 30.6 Å². The van der Waals surface area contributed by atoms with E-state index in [0.717, 1.165) is 42.2 Å². The molecule has 3 aromatic rings. The van der Waals surface area contributed by atoms with E-state index in [0.29, 0.717) is 18.1 Å². The van der Waals surface area contributed by atoms with E-state index >= 15 is 0 Å². The Labute approximate surface area is 175 Å². The Morgan fingerprint density at radius 2 is 2.07 bits per heavy atom. The van der Waals surface area contributed by atoms with E-state index in [9.17, 15) is 4.79 Å². The van der Waals surface area contributed by atoms with E-state index in [1.54, 1.807) is 4.52 Å². The van der Waals surface area contributed by atoms with E-state index in [4.69, 9.17) is 16.7 Å². The van der Waals surface area contributed by atoms with Gasteiger partial charge in [-0.25, -0.2) is 0 Å². The lowest BCUT2D eigenvalue weighted by atomic mass is 9.97. The fourth-order valence-electron chi connectivity index (χ4n) is 3.69. The molecular weight excluding hydrogens is 388 g/mol. The smallest absolute Gasteiger partial charge is 0.225 e. The highest BCUT2D eigenvalue weighted by Crippen LogP contribution is 2.23. The second-order valence-electron chi connectivity index (χ2n) is 7.77. The molecular formula is C21H25ClN6O. The lowest BCUT2D eigenvalue weighted by Gasteiger charge is -2.32. The topological polar surface area (TPSA) is 75.4 Å². The summed E-state index contributed by atoms with van der Waals surface area (Å²) in [4.78, 5) is 14.9. The highest BCUT2D eigenvalue weighted by atomic mass is 35.5. The lowest BCUT2D eigenvalue weighted by Crippen LogP contribution is -2.43. The number of carbonyl (C=O) groups excluding carboxylic acids is 1. The number of nitrogens with one attached hydrogen (secondary N) is 1. The molecule has 0 spiro atoms. The Morgan fingerprint density at radius 3 is 2.86 bits per heavy atom. The molecule has 1 aliphatic rings. The predicted octanol–water partition coefficient (Wildman–Crippen LogP) is 3.43. The van der Waals surface area contributed by atoms with Crippen molar-refractivity contribution in [3.63, 3.8) is 0 Å². The van der Waals surface area contributed by atoms with Crippen LogP contribution in [0.5, 0.6) is 0 Å². The van der Waals surface area contributed by atoms with E-state index in [2.05, 4.69) is 34.3 Å². The van der Waals surface area contributed by atoms with Crippen LogP contribution in [-0.2, 0) is 11.3 Å². The molecule has 1 N–H and O–H groups in total. The van der Waals surface area contributed by atoms with E-state index in [-0.39, 0.29) is 17.7 Å². The molecule has 1 aliphatic heterocycles. The molecule has 0 bridgehead atoms. The Kier molecular flexibility index (Phi) is 5.67. The number of amides is 1. The molecule has 2 aromatic heterocycles. The molecule has 1 unspecified atom stereocenters. The van der Waals surface area contributed by atoms with Crippen molar-refractivity contribution in [1.29, 1.82) is 0 Å². The fraction of sp³-hybridized carbons (Fsp3) is 0.429. The summed E-state index contributed by atoms with van der Waals surface area (Å²) in [5.74, 6) is 1.91. The number of aromatic nitrogens is 4. The second-order valence-corrected chi connectivity index (χ2v) is 8.18. The summed E-state index contributed by atoms with van der Waals surface area (Å²) in [6, 6.07) is 11.5. The molecule has 152 valence electrons. The van der Waals surface area contributed by atoms with Gasteiger partial charge in [0.2, 0.25) is 5.91 Å². The van der Waals surface area contributed by atoms with Crippen LogP contribution in [0.2, 0.25) is 5.02 Å². The number of rotatable bonds is 5. The van der Waals surface area contributed by atoms with Crippen molar-refractivity contribution in [1.82, 2.24) is 25.1 Å². The molecule has 4 rings (SSSR count). The van der Waals surface area contributed by atoms with Crippen LogP contribution in [0.25, 0.3) is 5.65 Å². The Bertz CT molecular complexity index is 1020. The third-order valence-corrected chi connectivity index (χ3v) is 5.69. The van der Waals surface area contributed by atoms with Gasteiger partial charge in [-0.1, -0.05) is 43.6 Å². The number of hydrogen-bond acceptors (Lipinski definition) is 5. The van der Waals surface area contributed by atoms with Gasteiger partial charge >= 0.3 is 0 Å². The van der Waals surface area contributed by atoms with Crippen molar-refractivity contribution in [2.45, 2.75) is 39.2 Å². The average molecular weight is 413 g/mol. The summed E-state index contributed by atoms with van der Waals surface area (Å²) in [7, 11) is 0. The Morgan fingerprint density at radius 1 is 1.24 bits per heavy atom. The van der Waals surface area contributed by atoms with Crippen LogP contribution in [0.3, 0.4) is 0 Å². The van der Waals surface area contributed by atoms with Crippen LogP contribution in [0.15, 0.2) is 36.4 Å². The van der Waals surface area contributed by atoms with Gasteiger partial charge in [-0.05, 0) is 36.6 Å². The lowest BCUT2D eigenvalue weighted by molar-refractivity contribution is -0.125. The minimum absolute atomic E-state index is 0.0582. The summed E-state index contributed by atoms with van der Waals surface area (Å²) >= 11 is 6.19. The third-order valence-electron chi connectivity index (χ3n) is 5.32. The van der Waals surface area contributed by atoms with Gasteiger partial charge in [0.1, 0.15) is 5.82 Å². The summed E-state index contributed by atoms with van der Waals surface area (Å²) in [5, 5.41) is 16.9. The number of anilines is 1. The maximum absolute atomic E-state index is 12.7. The van der Waals surface area contributed by atoms with E-state index in [1.807, 2.05) is 36.4 Å². The zero-order chi connectivity index (χ0) is 20.4. The van der Waals surface area contributed by atoms with Gasteiger partial charge in [0.05, 0.1) is 5.92 Å². The standard InChI is InChI=1S/C21H25ClN6O/c1-14(2)20-25-24-18-9-10-19(26-28(18)20)27-11-5-7-16(13-27)21(29)23-12-15-6-3-4-8-17(15)22/h3-4,6,8-10,14,16H,5,7,11-13H2,1-2H3,(H,23,29). The van der Waals surface area contributed by atoms with Gasteiger partial charge in [0.15, 0.2) is 11.5 Å². The fourth-order valence-corrected chi connectivity index (χ4v) is 3.89. The molecule has 1 amide bonds. The quantitative estimate of drug-likeness (QED) is 0.694. The zero-order valence-electron chi connectivity index (χ0n) is 16.7. The molecule has 29 heavy (non-hydrogen) atoms. The summed E-state index contributed by atoms with van der Waals surface area (Å²) in [5.41, 5.74) is 1.67. The molecule has 1 saturated heterocycles. The Balaban J connectivity index is 1.45. The van der Waals surface area contributed by atoms with Crippen LogP contribution in [-0.4, -0.2) is 38.8 Å². The first-order valence-corrected chi connectivity index (χ1v) is 10.4. The van der Waals surface area contributed by atoms with Crippen molar-refractivity contribution >= 4 is 29.0 Å². The van der Waals surface area contributed by atoms with Gasteiger partial charge < -0.3 is 10.2 Å². The molecule has 0 aliphatic carbocycles.